The van der Waals surface area contributed by atoms with Gasteiger partial charge in [0.15, 0.2) is 0 Å². The van der Waals surface area contributed by atoms with Gasteiger partial charge in [-0.1, -0.05) is 0 Å². The van der Waals surface area contributed by atoms with E-state index in [-0.39, 0.29) is 11.6 Å². The molecule has 2 rings (SSSR count). The third kappa shape index (κ3) is 2.79. The lowest BCUT2D eigenvalue weighted by atomic mass is 10.2. The summed E-state index contributed by atoms with van der Waals surface area (Å²) >= 11 is 0. The number of aromatic amines is 1. The van der Waals surface area contributed by atoms with Crippen molar-refractivity contribution in [1.82, 2.24) is 19.7 Å². The average Bonchev–Trinajstić information content (AvgIpc) is 2.62. The zero-order valence-corrected chi connectivity index (χ0v) is 9.84. The third-order valence-corrected chi connectivity index (χ3v) is 2.31. The summed E-state index contributed by atoms with van der Waals surface area (Å²) in [6, 6.07) is 1.42. The predicted octanol–water partition coefficient (Wildman–Crippen LogP) is 0.0601. The zero-order valence-electron chi connectivity index (χ0n) is 9.84. The lowest BCUT2D eigenvalue weighted by Gasteiger charge is -2.05. The molecule has 0 fully saturated rings. The van der Waals surface area contributed by atoms with E-state index in [2.05, 4.69) is 15.1 Å². The van der Waals surface area contributed by atoms with Gasteiger partial charge in [0.2, 0.25) is 0 Å². The Labute approximate surface area is 98.5 Å². The van der Waals surface area contributed by atoms with Crippen molar-refractivity contribution < 1.29 is 0 Å². The quantitative estimate of drug-likeness (QED) is 0.784. The number of nitrogens with zero attached hydrogens (tertiary/aromatic N) is 3. The van der Waals surface area contributed by atoms with Crippen LogP contribution >= 0.6 is 0 Å². The minimum atomic E-state index is -0.172. The Morgan fingerprint density at radius 3 is 2.94 bits per heavy atom. The van der Waals surface area contributed by atoms with Gasteiger partial charge in [-0.25, -0.2) is 4.98 Å². The monoisotopic (exact) mass is 233 g/mol. The lowest BCUT2D eigenvalue weighted by Crippen LogP contribution is -2.22. The SMILES string of the molecule is CC(N)Cc1nc(-c2cnn(C)c2)cc(=O)[nH]1. The number of rotatable bonds is 3. The number of nitrogens with one attached hydrogen (secondary N) is 1. The van der Waals surface area contributed by atoms with E-state index in [1.54, 1.807) is 10.9 Å². The van der Waals surface area contributed by atoms with Crippen LogP contribution in [0.2, 0.25) is 0 Å². The van der Waals surface area contributed by atoms with Gasteiger partial charge >= 0.3 is 0 Å². The Bertz CT molecular complexity index is 569. The highest BCUT2D eigenvalue weighted by molar-refractivity contribution is 5.56. The van der Waals surface area contributed by atoms with Crippen molar-refractivity contribution in [3.05, 3.63) is 34.6 Å². The second-order valence-corrected chi connectivity index (χ2v) is 4.16. The number of aromatic nitrogens is 4. The van der Waals surface area contributed by atoms with Gasteiger partial charge in [0, 0.05) is 37.3 Å². The summed E-state index contributed by atoms with van der Waals surface area (Å²) in [7, 11) is 1.82. The summed E-state index contributed by atoms with van der Waals surface area (Å²) < 4.78 is 1.67. The van der Waals surface area contributed by atoms with Crippen LogP contribution in [0.1, 0.15) is 12.7 Å². The molecular weight excluding hydrogens is 218 g/mol. The molecule has 0 saturated heterocycles. The van der Waals surface area contributed by atoms with Gasteiger partial charge < -0.3 is 10.7 Å². The molecule has 0 amide bonds. The molecule has 0 aliphatic rings. The van der Waals surface area contributed by atoms with Gasteiger partial charge in [-0.05, 0) is 6.92 Å². The highest BCUT2D eigenvalue weighted by atomic mass is 16.1. The van der Waals surface area contributed by atoms with Crippen LogP contribution < -0.4 is 11.3 Å². The molecule has 1 atom stereocenters. The Balaban J connectivity index is 2.41. The van der Waals surface area contributed by atoms with E-state index in [1.807, 2.05) is 20.2 Å². The van der Waals surface area contributed by atoms with Crippen molar-refractivity contribution in [2.24, 2.45) is 12.8 Å². The summed E-state index contributed by atoms with van der Waals surface area (Å²) in [4.78, 5) is 18.6. The Hall–Kier alpha value is -1.95. The Morgan fingerprint density at radius 2 is 2.35 bits per heavy atom. The molecule has 0 bridgehead atoms. The number of H-pyrrole nitrogens is 1. The molecule has 1 unspecified atom stereocenters. The minimum Gasteiger partial charge on any atom is -0.328 e. The first kappa shape index (κ1) is 11.5. The molecule has 0 aliphatic carbocycles. The minimum absolute atomic E-state index is 0.0395. The predicted molar refractivity (Wildman–Crippen MR) is 64.4 cm³/mol. The van der Waals surface area contributed by atoms with Crippen LogP contribution in [0.4, 0.5) is 0 Å². The van der Waals surface area contributed by atoms with Crippen molar-refractivity contribution >= 4 is 0 Å². The van der Waals surface area contributed by atoms with E-state index in [1.165, 1.54) is 6.07 Å². The van der Waals surface area contributed by atoms with Crippen molar-refractivity contribution in [3.8, 4) is 11.3 Å². The standard InChI is InChI=1S/C11H15N5O/c1-7(12)3-10-14-9(4-11(17)15-10)8-5-13-16(2)6-8/h4-7H,3,12H2,1-2H3,(H,14,15,17). The zero-order chi connectivity index (χ0) is 12.4. The third-order valence-electron chi connectivity index (χ3n) is 2.31. The van der Waals surface area contributed by atoms with Gasteiger partial charge in [0.05, 0.1) is 11.9 Å². The van der Waals surface area contributed by atoms with Crippen LogP contribution in [-0.2, 0) is 13.5 Å². The molecule has 2 heterocycles. The van der Waals surface area contributed by atoms with E-state index >= 15 is 0 Å². The summed E-state index contributed by atoms with van der Waals surface area (Å²) in [5, 5.41) is 4.05. The Kier molecular flexibility index (Phi) is 3.06. The number of nitrogens with two attached hydrogens (primary N) is 1. The van der Waals surface area contributed by atoms with E-state index in [4.69, 9.17) is 5.73 Å². The fourth-order valence-electron chi connectivity index (χ4n) is 1.61. The first-order valence-corrected chi connectivity index (χ1v) is 5.39. The van der Waals surface area contributed by atoms with Crippen molar-refractivity contribution in [2.75, 3.05) is 0 Å². The molecule has 2 aromatic heterocycles. The lowest BCUT2D eigenvalue weighted by molar-refractivity contribution is 0.699. The maximum absolute atomic E-state index is 11.5. The second-order valence-electron chi connectivity index (χ2n) is 4.16. The van der Waals surface area contributed by atoms with Crippen LogP contribution in [0.3, 0.4) is 0 Å². The van der Waals surface area contributed by atoms with Crippen LogP contribution in [0.15, 0.2) is 23.3 Å². The van der Waals surface area contributed by atoms with Gasteiger partial charge in [0.25, 0.3) is 5.56 Å². The fourth-order valence-corrected chi connectivity index (χ4v) is 1.61. The molecule has 3 N–H and O–H groups in total. The summed E-state index contributed by atoms with van der Waals surface area (Å²) in [6.07, 6.45) is 4.04. The van der Waals surface area contributed by atoms with E-state index < -0.39 is 0 Å². The molecular formula is C11H15N5O. The molecule has 2 aromatic rings. The number of aryl methyl sites for hydroxylation is 1. The average molecular weight is 233 g/mol. The van der Waals surface area contributed by atoms with Crippen LogP contribution in [0.25, 0.3) is 11.3 Å². The molecule has 6 nitrogen and oxygen atoms in total. The molecule has 0 aromatic carbocycles. The molecule has 0 spiro atoms. The van der Waals surface area contributed by atoms with Crippen LogP contribution in [0.5, 0.6) is 0 Å². The summed E-state index contributed by atoms with van der Waals surface area (Å²) in [5.41, 5.74) is 6.96. The van der Waals surface area contributed by atoms with Crippen LogP contribution in [-0.4, -0.2) is 25.8 Å². The van der Waals surface area contributed by atoms with E-state index in [9.17, 15) is 4.79 Å². The highest BCUT2D eigenvalue weighted by Crippen LogP contribution is 2.13. The van der Waals surface area contributed by atoms with Crippen molar-refractivity contribution in [1.29, 1.82) is 0 Å². The first-order valence-electron chi connectivity index (χ1n) is 5.39. The van der Waals surface area contributed by atoms with Gasteiger partial charge in [-0.3, -0.25) is 9.48 Å². The summed E-state index contributed by atoms with van der Waals surface area (Å²) in [6.45, 7) is 1.87. The molecule has 0 aliphatic heterocycles. The van der Waals surface area contributed by atoms with Crippen LogP contribution in [0, 0.1) is 0 Å². The number of hydrogen-bond acceptors (Lipinski definition) is 4. The normalized spacial score (nSPS) is 12.6. The van der Waals surface area contributed by atoms with Crippen molar-refractivity contribution in [2.45, 2.75) is 19.4 Å². The highest BCUT2D eigenvalue weighted by Gasteiger charge is 2.07. The van der Waals surface area contributed by atoms with Gasteiger partial charge in [0.1, 0.15) is 5.82 Å². The largest absolute Gasteiger partial charge is 0.328 e. The maximum Gasteiger partial charge on any atom is 0.251 e. The van der Waals surface area contributed by atoms with Crippen molar-refractivity contribution in [3.63, 3.8) is 0 Å². The topological polar surface area (TPSA) is 89.6 Å². The first-order chi connectivity index (χ1) is 8.04. The van der Waals surface area contributed by atoms with Gasteiger partial charge in [-0.2, -0.15) is 5.10 Å². The van der Waals surface area contributed by atoms with E-state index in [0.717, 1.165) is 5.56 Å². The molecule has 6 heteroatoms. The van der Waals surface area contributed by atoms with Gasteiger partial charge in [-0.15, -0.1) is 0 Å². The molecule has 90 valence electrons. The Morgan fingerprint density at radius 1 is 1.59 bits per heavy atom. The van der Waals surface area contributed by atoms with E-state index in [0.29, 0.717) is 17.9 Å². The molecule has 17 heavy (non-hydrogen) atoms. The fraction of sp³-hybridized carbons (Fsp3) is 0.364. The smallest absolute Gasteiger partial charge is 0.251 e. The number of hydrogen-bond donors (Lipinski definition) is 2. The second kappa shape index (κ2) is 4.50. The maximum atomic E-state index is 11.5. The molecule has 0 saturated carbocycles. The molecule has 0 radical (unpaired) electrons. The summed E-state index contributed by atoms with van der Waals surface area (Å²) in [5.74, 6) is 0.603.